The Morgan fingerprint density at radius 3 is 2.91 bits per heavy atom. The van der Waals surface area contributed by atoms with Gasteiger partial charge in [-0.1, -0.05) is 13.8 Å². The van der Waals surface area contributed by atoms with Gasteiger partial charge in [-0.3, -0.25) is 4.79 Å². The Morgan fingerprint density at radius 1 is 1.43 bits per heavy atom. The molecular weight excluding hydrogens is 292 g/mol. The first-order valence-corrected chi connectivity index (χ1v) is 8.65. The summed E-state index contributed by atoms with van der Waals surface area (Å²) in [6, 6.07) is 2.47. The minimum atomic E-state index is -0.483. The molecule has 1 aromatic heterocycles. The molecule has 2 aliphatic heterocycles. The van der Waals surface area contributed by atoms with E-state index in [4.69, 9.17) is 4.42 Å². The van der Waals surface area contributed by atoms with Crippen LogP contribution in [0.1, 0.15) is 54.8 Å². The molecule has 126 valence electrons. The molecule has 2 saturated heterocycles. The largest absolute Gasteiger partial charge is 0.427 e. The number of carbonyl (C=O) groups excluding carboxylic acids is 1. The molecule has 3 rings (SSSR count). The maximum atomic E-state index is 12.8. The number of aryl methyl sites for hydroxylation is 2. The Labute approximate surface area is 137 Å². The predicted octanol–water partition coefficient (Wildman–Crippen LogP) is 2.11. The molecule has 1 aromatic rings. The zero-order valence-electron chi connectivity index (χ0n) is 14.2. The average Bonchev–Trinajstić information content (AvgIpc) is 3.06. The molecule has 2 atom stereocenters. The van der Waals surface area contributed by atoms with Gasteiger partial charge in [0.25, 0.3) is 5.91 Å². The number of carbonyl (C=O) groups is 1. The number of likely N-dealkylation sites (tertiary alicyclic amines) is 1. The van der Waals surface area contributed by atoms with Crippen LogP contribution in [-0.4, -0.2) is 36.0 Å². The first-order valence-electron chi connectivity index (χ1n) is 8.65. The van der Waals surface area contributed by atoms with E-state index in [1.165, 1.54) is 0 Å². The molecule has 0 spiro atoms. The quantitative estimate of drug-likeness (QED) is 0.923. The lowest BCUT2D eigenvalue weighted by Crippen LogP contribution is -2.40. The van der Waals surface area contributed by atoms with Crippen LogP contribution in [0.3, 0.4) is 0 Å². The normalized spacial score (nSPS) is 23.6. The monoisotopic (exact) mass is 318 g/mol. The topological polar surface area (TPSA) is 62.6 Å². The Hall–Kier alpha value is -1.62. The fraction of sp³-hybridized carbons (Fsp3) is 0.667. The summed E-state index contributed by atoms with van der Waals surface area (Å²) < 4.78 is 5.41. The van der Waals surface area contributed by atoms with E-state index in [-0.39, 0.29) is 17.5 Å². The summed E-state index contributed by atoms with van der Waals surface area (Å²) in [7, 11) is 0. The number of nitrogens with zero attached hydrogens (tertiary/aromatic N) is 1. The zero-order chi connectivity index (χ0) is 16.6. The Kier molecular flexibility index (Phi) is 4.57. The molecule has 1 N–H and O–H groups in total. The average molecular weight is 318 g/mol. The maximum Gasteiger partial charge on any atom is 0.349 e. The van der Waals surface area contributed by atoms with Crippen LogP contribution >= 0.6 is 0 Å². The highest BCUT2D eigenvalue weighted by Crippen LogP contribution is 2.26. The van der Waals surface area contributed by atoms with Gasteiger partial charge in [0.1, 0.15) is 11.3 Å². The molecule has 0 aromatic carbocycles. The number of hydrogen-bond acceptors (Lipinski definition) is 4. The molecule has 5 heteroatoms. The molecule has 23 heavy (non-hydrogen) atoms. The van der Waals surface area contributed by atoms with Crippen molar-refractivity contribution in [1.29, 1.82) is 0 Å². The highest BCUT2D eigenvalue weighted by Gasteiger charge is 2.41. The van der Waals surface area contributed by atoms with Crippen LogP contribution in [0.25, 0.3) is 0 Å². The molecule has 2 aliphatic rings. The zero-order valence-corrected chi connectivity index (χ0v) is 14.2. The van der Waals surface area contributed by atoms with Crippen LogP contribution in [0.2, 0.25) is 0 Å². The van der Waals surface area contributed by atoms with Crippen molar-refractivity contribution in [1.82, 2.24) is 10.2 Å². The summed E-state index contributed by atoms with van der Waals surface area (Å²) in [5, 5.41) is 3.43. The first kappa shape index (κ1) is 16.2. The van der Waals surface area contributed by atoms with E-state index in [0.29, 0.717) is 17.7 Å². The number of fused-ring (bicyclic) bond motifs is 1. The van der Waals surface area contributed by atoms with Gasteiger partial charge < -0.3 is 14.6 Å². The number of amides is 1. The second-order valence-corrected chi connectivity index (χ2v) is 7.19. The molecule has 0 saturated carbocycles. The number of hydrogen-bond donors (Lipinski definition) is 1. The molecule has 0 unspecified atom stereocenters. The van der Waals surface area contributed by atoms with E-state index >= 15 is 0 Å². The summed E-state index contributed by atoms with van der Waals surface area (Å²) >= 11 is 0. The van der Waals surface area contributed by atoms with E-state index in [9.17, 15) is 9.59 Å². The Morgan fingerprint density at radius 2 is 2.22 bits per heavy atom. The number of rotatable bonds is 4. The van der Waals surface area contributed by atoms with Crippen LogP contribution in [0.5, 0.6) is 0 Å². The predicted molar refractivity (Wildman–Crippen MR) is 88.7 cm³/mol. The summed E-state index contributed by atoms with van der Waals surface area (Å²) in [6.07, 6.45) is 3.64. The van der Waals surface area contributed by atoms with Crippen molar-refractivity contribution < 1.29 is 9.21 Å². The minimum Gasteiger partial charge on any atom is -0.427 e. The maximum absolute atomic E-state index is 12.8. The summed E-state index contributed by atoms with van der Waals surface area (Å²) in [6.45, 7) is 7.78. The standard InChI is InChI=1S/C18H26N2O3/c1-11(2)4-5-13-10-12(3)16(18(22)23-13)17(21)20-9-7-14-15(20)6-8-19-14/h10-11,14-15,19H,4-9H2,1-3H3/t14-,15-/m0/s1. The smallest absolute Gasteiger partial charge is 0.349 e. The van der Waals surface area contributed by atoms with Crippen molar-refractivity contribution in [3.8, 4) is 0 Å². The molecule has 5 nitrogen and oxygen atoms in total. The van der Waals surface area contributed by atoms with Crippen LogP contribution in [-0.2, 0) is 6.42 Å². The van der Waals surface area contributed by atoms with Crippen molar-refractivity contribution in [3.05, 3.63) is 33.4 Å². The third-order valence-electron chi connectivity index (χ3n) is 5.03. The van der Waals surface area contributed by atoms with Crippen molar-refractivity contribution >= 4 is 5.91 Å². The molecule has 2 fully saturated rings. The van der Waals surface area contributed by atoms with Crippen LogP contribution < -0.4 is 10.9 Å². The van der Waals surface area contributed by atoms with Crippen molar-refractivity contribution in [2.45, 2.75) is 58.5 Å². The van der Waals surface area contributed by atoms with E-state index in [1.807, 2.05) is 17.9 Å². The number of nitrogens with one attached hydrogen (secondary N) is 1. The highest BCUT2D eigenvalue weighted by molar-refractivity contribution is 5.95. The highest BCUT2D eigenvalue weighted by atomic mass is 16.4. The lowest BCUT2D eigenvalue weighted by Gasteiger charge is -2.23. The summed E-state index contributed by atoms with van der Waals surface area (Å²) in [5.74, 6) is 1.07. The van der Waals surface area contributed by atoms with Gasteiger partial charge in [-0.05, 0) is 50.3 Å². The van der Waals surface area contributed by atoms with Gasteiger partial charge in [0.2, 0.25) is 0 Å². The van der Waals surface area contributed by atoms with Crippen molar-refractivity contribution in [2.75, 3.05) is 13.1 Å². The molecule has 0 aliphatic carbocycles. The van der Waals surface area contributed by atoms with Crippen LogP contribution in [0.15, 0.2) is 15.3 Å². The van der Waals surface area contributed by atoms with E-state index < -0.39 is 5.63 Å². The van der Waals surface area contributed by atoms with E-state index in [2.05, 4.69) is 19.2 Å². The molecule has 3 heterocycles. The third kappa shape index (κ3) is 3.20. The SMILES string of the molecule is Cc1cc(CCC(C)C)oc(=O)c1C(=O)N1CC[C@@H]2NCC[C@@H]21. The van der Waals surface area contributed by atoms with E-state index in [1.54, 1.807) is 0 Å². The molecule has 0 radical (unpaired) electrons. The first-order chi connectivity index (χ1) is 11.0. The minimum absolute atomic E-state index is 0.164. The van der Waals surface area contributed by atoms with Gasteiger partial charge in [0, 0.05) is 25.0 Å². The Balaban J connectivity index is 1.82. The van der Waals surface area contributed by atoms with Gasteiger partial charge >= 0.3 is 5.63 Å². The van der Waals surface area contributed by atoms with Crippen molar-refractivity contribution in [2.24, 2.45) is 5.92 Å². The van der Waals surface area contributed by atoms with Crippen LogP contribution in [0.4, 0.5) is 0 Å². The van der Waals surface area contributed by atoms with Gasteiger partial charge in [-0.25, -0.2) is 4.79 Å². The van der Waals surface area contributed by atoms with Gasteiger partial charge in [0.05, 0.1) is 0 Å². The molecule has 0 bridgehead atoms. The van der Waals surface area contributed by atoms with Gasteiger partial charge in [-0.15, -0.1) is 0 Å². The van der Waals surface area contributed by atoms with Crippen LogP contribution in [0, 0.1) is 12.8 Å². The fourth-order valence-corrected chi connectivity index (χ4v) is 3.75. The second-order valence-electron chi connectivity index (χ2n) is 7.19. The van der Waals surface area contributed by atoms with E-state index in [0.717, 1.165) is 44.3 Å². The lowest BCUT2D eigenvalue weighted by molar-refractivity contribution is 0.0731. The van der Waals surface area contributed by atoms with Gasteiger partial charge in [-0.2, -0.15) is 0 Å². The fourth-order valence-electron chi connectivity index (χ4n) is 3.75. The second kappa shape index (κ2) is 6.48. The van der Waals surface area contributed by atoms with Crippen molar-refractivity contribution in [3.63, 3.8) is 0 Å². The third-order valence-corrected chi connectivity index (χ3v) is 5.03. The summed E-state index contributed by atoms with van der Waals surface area (Å²) in [4.78, 5) is 27.1. The Bertz CT molecular complexity index is 650. The lowest BCUT2D eigenvalue weighted by atomic mass is 10.0. The summed E-state index contributed by atoms with van der Waals surface area (Å²) in [5.41, 5.74) is 0.466. The van der Waals surface area contributed by atoms with Gasteiger partial charge in [0.15, 0.2) is 0 Å². The molecule has 1 amide bonds. The molecular formula is C18H26N2O3.